The molecule has 0 spiro atoms. The first-order valence-corrected chi connectivity index (χ1v) is 8.84. The molecule has 2 fully saturated rings. The first-order chi connectivity index (χ1) is 12.1. The monoisotopic (exact) mass is 381 g/mol. The maximum atomic E-state index is 12.8. The predicted molar refractivity (Wildman–Crippen MR) is 99.2 cm³/mol. The van der Waals surface area contributed by atoms with E-state index in [1.807, 2.05) is 30.0 Å². The molecule has 142 valence electrons. The molecule has 3 heterocycles. The number of piperazine rings is 1. The summed E-state index contributed by atoms with van der Waals surface area (Å²) < 4.78 is 11.1. The van der Waals surface area contributed by atoms with Gasteiger partial charge in [0.05, 0.1) is 5.92 Å². The van der Waals surface area contributed by atoms with Crippen molar-refractivity contribution in [3.05, 3.63) is 18.2 Å². The largest absolute Gasteiger partial charge is 0.486 e. The number of amides is 2. The molecular formula is C18H24ClN3O4. The van der Waals surface area contributed by atoms with Crippen LogP contribution in [0.3, 0.4) is 0 Å². The molecule has 2 saturated heterocycles. The number of ether oxygens (including phenoxy) is 2. The lowest BCUT2D eigenvalue weighted by molar-refractivity contribution is -0.138. The SMILES string of the molecule is C[C@H]1CNCCN1C(=O)C1CC(=O)N(c2ccc3c(c2)OCCO3)C1.Cl. The average molecular weight is 382 g/mol. The van der Waals surface area contributed by atoms with Gasteiger partial charge in [-0.15, -0.1) is 12.4 Å². The van der Waals surface area contributed by atoms with Crippen LogP contribution >= 0.6 is 12.4 Å². The van der Waals surface area contributed by atoms with E-state index in [0.717, 1.165) is 18.8 Å². The van der Waals surface area contributed by atoms with Gasteiger partial charge in [0.1, 0.15) is 13.2 Å². The maximum Gasteiger partial charge on any atom is 0.228 e. The predicted octanol–water partition coefficient (Wildman–Crippen LogP) is 1.05. The Morgan fingerprint density at radius 1 is 1.23 bits per heavy atom. The fourth-order valence-electron chi connectivity index (χ4n) is 3.73. The Morgan fingerprint density at radius 2 is 2.00 bits per heavy atom. The van der Waals surface area contributed by atoms with Gasteiger partial charge in [0, 0.05) is 50.4 Å². The number of halogens is 1. The minimum atomic E-state index is -0.277. The molecule has 3 aliphatic heterocycles. The van der Waals surface area contributed by atoms with E-state index in [0.29, 0.717) is 37.8 Å². The number of anilines is 1. The number of carbonyl (C=O) groups is 2. The molecule has 7 nitrogen and oxygen atoms in total. The molecule has 1 N–H and O–H groups in total. The van der Waals surface area contributed by atoms with Gasteiger partial charge < -0.3 is 24.6 Å². The summed E-state index contributed by atoms with van der Waals surface area (Å²) in [5.41, 5.74) is 0.762. The second-order valence-electron chi connectivity index (χ2n) is 6.82. The normalized spacial score (nSPS) is 25.0. The lowest BCUT2D eigenvalue weighted by Gasteiger charge is -2.35. The number of nitrogens with one attached hydrogen (secondary N) is 1. The van der Waals surface area contributed by atoms with Gasteiger partial charge in [-0.25, -0.2) is 0 Å². The topological polar surface area (TPSA) is 71.1 Å². The van der Waals surface area contributed by atoms with Crippen molar-refractivity contribution in [3.8, 4) is 11.5 Å². The molecule has 0 aliphatic carbocycles. The van der Waals surface area contributed by atoms with Crippen LogP contribution in [0.4, 0.5) is 5.69 Å². The van der Waals surface area contributed by atoms with Crippen molar-refractivity contribution < 1.29 is 19.1 Å². The van der Waals surface area contributed by atoms with Crippen LogP contribution in [0, 0.1) is 5.92 Å². The fourth-order valence-corrected chi connectivity index (χ4v) is 3.73. The van der Waals surface area contributed by atoms with Crippen molar-refractivity contribution in [3.63, 3.8) is 0 Å². The molecular weight excluding hydrogens is 358 g/mol. The Hall–Kier alpha value is -1.99. The van der Waals surface area contributed by atoms with Crippen LogP contribution < -0.4 is 19.7 Å². The van der Waals surface area contributed by atoms with Crippen LogP contribution in [0.5, 0.6) is 11.5 Å². The molecule has 4 rings (SSSR count). The van der Waals surface area contributed by atoms with E-state index in [2.05, 4.69) is 5.32 Å². The summed E-state index contributed by atoms with van der Waals surface area (Å²) in [4.78, 5) is 28.9. The van der Waals surface area contributed by atoms with Crippen molar-refractivity contribution in [2.24, 2.45) is 5.92 Å². The molecule has 26 heavy (non-hydrogen) atoms. The van der Waals surface area contributed by atoms with Crippen LogP contribution in [-0.4, -0.2) is 62.1 Å². The highest BCUT2D eigenvalue weighted by Gasteiger charge is 2.39. The van der Waals surface area contributed by atoms with Crippen molar-refractivity contribution in [1.82, 2.24) is 10.2 Å². The third-order valence-corrected chi connectivity index (χ3v) is 5.10. The number of hydrogen-bond acceptors (Lipinski definition) is 5. The number of benzene rings is 1. The van der Waals surface area contributed by atoms with Gasteiger partial charge in [0.15, 0.2) is 11.5 Å². The standard InChI is InChI=1S/C18H23N3O4.ClH/c1-12-10-19-4-5-20(12)18(23)13-8-17(22)21(11-13)14-2-3-15-16(9-14)25-7-6-24-15;/h2-3,9,12-13,19H,4-8,10-11H2,1H3;1H/t12-,13?;/m0./s1. The highest BCUT2D eigenvalue weighted by molar-refractivity contribution is 6.00. The summed E-state index contributed by atoms with van der Waals surface area (Å²) in [5, 5.41) is 3.29. The fraction of sp³-hybridized carbons (Fsp3) is 0.556. The molecule has 0 radical (unpaired) electrons. The Kier molecular flexibility index (Phi) is 5.58. The van der Waals surface area contributed by atoms with Crippen molar-refractivity contribution in [1.29, 1.82) is 0 Å². The lowest BCUT2D eigenvalue weighted by atomic mass is 10.1. The zero-order valence-electron chi connectivity index (χ0n) is 14.8. The molecule has 3 aliphatic rings. The number of fused-ring (bicyclic) bond motifs is 1. The summed E-state index contributed by atoms with van der Waals surface area (Å²) >= 11 is 0. The quantitative estimate of drug-likeness (QED) is 0.829. The Bertz CT molecular complexity index is 699. The summed E-state index contributed by atoms with van der Waals surface area (Å²) in [7, 11) is 0. The van der Waals surface area contributed by atoms with Gasteiger partial charge in [0.25, 0.3) is 0 Å². The first kappa shape index (κ1) is 18.8. The lowest BCUT2D eigenvalue weighted by Crippen LogP contribution is -2.54. The zero-order chi connectivity index (χ0) is 17.4. The van der Waals surface area contributed by atoms with E-state index >= 15 is 0 Å². The third-order valence-electron chi connectivity index (χ3n) is 5.10. The molecule has 0 saturated carbocycles. The smallest absolute Gasteiger partial charge is 0.228 e. The third kappa shape index (κ3) is 3.46. The second kappa shape index (κ2) is 7.72. The Morgan fingerprint density at radius 3 is 2.77 bits per heavy atom. The van der Waals surface area contributed by atoms with Crippen molar-refractivity contribution in [2.45, 2.75) is 19.4 Å². The summed E-state index contributed by atoms with van der Waals surface area (Å²) in [6, 6.07) is 5.67. The van der Waals surface area contributed by atoms with Crippen LogP contribution in [0.2, 0.25) is 0 Å². The zero-order valence-corrected chi connectivity index (χ0v) is 15.6. The molecule has 0 aromatic heterocycles. The summed E-state index contributed by atoms with van der Waals surface area (Å²) in [6.07, 6.45) is 0.268. The van der Waals surface area contributed by atoms with Gasteiger partial charge in [0.2, 0.25) is 11.8 Å². The van der Waals surface area contributed by atoms with Crippen LogP contribution in [0.25, 0.3) is 0 Å². The van der Waals surface area contributed by atoms with Gasteiger partial charge in [-0.2, -0.15) is 0 Å². The van der Waals surface area contributed by atoms with Crippen LogP contribution in [-0.2, 0) is 9.59 Å². The summed E-state index contributed by atoms with van der Waals surface area (Å²) in [5.74, 6) is 1.15. The van der Waals surface area contributed by atoms with E-state index in [1.165, 1.54) is 0 Å². The van der Waals surface area contributed by atoms with Gasteiger partial charge in [-0.05, 0) is 19.1 Å². The van der Waals surface area contributed by atoms with E-state index in [4.69, 9.17) is 9.47 Å². The van der Waals surface area contributed by atoms with Crippen LogP contribution in [0.1, 0.15) is 13.3 Å². The van der Waals surface area contributed by atoms with Gasteiger partial charge in [-0.3, -0.25) is 9.59 Å². The van der Waals surface area contributed by atoms with Gasteiger partial charge >= 0.3 is 0 Å². The number of hydrogen-bond donors (Lipinski definition) is 1. The Balaban J connectivity index is 0.00000196. The number of carbonyl (C=O) groups excluding carboxylic acids is 2. The number of rotatable bonds is 2. The molecule has 8 heteroatoms. The maximum absolute atomic E-state index is 12.8. The minimum Gasteiger partial charge on any atom is -0.486 e. The highest BCUT2D eigenvalue weighted by Crippen LogP contribution is 2.36. The highest BCUT2D eigenvalue weighted by atomic mass is 35.5. The molecule has 0 bridgehead atoms. The van der Waals surface area contributed by atoms with Crippen LogP contribution in [0.15, 0.2) is 18.2 Å². The average Bonchev–Trinajstić information content (AvgIpc) is 3.03. The molecule has 1 unspecified atom stereocenters. The van der Waals surface area contributed by atoms with Crippen molar-refractivity contribution in [2.75, 3.05) is 44.3 Å². The summed E-state index contributed by atoms with van der Waals surface area (Å²) in [6.45, 7) is 5.82. The molecule has 2 atom stereocenters. The van der Waals surface area contributed by atoms with E-state index in [1.54, 1.807) is 4.90 Å². The van der Waals surface area contributed by atoms with Crippen molar-refractivity contribution >= 4 is 29.9 Å². The molecule has 2 amide bonds. The minimum absolute atomic E-state index is 0. The van der Waals surface area contributed by atoms with E-state index in [9.17, 15) is 9.59 Å². The Labute approximate surface area is 159 Å². The second-order valence-corrected chi connectivity index (χ2v) is 6.82. The molecule has 1 aromatic rings. The number of nitrogens with zero attached hydrogens (tertiary/aromatic N) is 2. The van der Waals surface area contributed by atoms with E-state index < -0.39 is 0 Å². The molecule has 1 aromatic carbocycles. The first-order valence-electron chi connectivity index (χ1n) is 8.84. The van der Waals surface area contributed by atoms with Gasteiger partial charge in [-0.1, -0.05) is 0 Å². The van der Waals surface area contributed by atoms with E-state index in [-0.39, 0.29) is 42.6 Å².